The standard InChI is InChI=1S/C10H17FN6O3/c11-5-6(19)4(2-18)20-7(5)3-1-15-9(16-3)8(12)17-10(13)14/h3-7,18-19H,1-2H2,(H,15,16)(H5,12,13,14,17)/t3?,4-,5-,6?,7+/m1/s1. The topological polar surface area (TPSA) is 162 Å². The summed E-state index contributed by atoms with van der Waals surface area (Å²) in [6.07, 6.45) is -4.95. The summed E-state index contributed by atoms with van der Waals surface area (Å²) in [5.74, 6) is -0.416. The van der Waals surface area contributed by atoms with Crippen molar-refractivity contribution in [1.29, 1.82) is 5.41 Å². The predicted molar refractivity (Wildman–Crippen MR) is 69.4 cm³/mol. The number of amidine groups is 2. The Morgan fingerprint density at radius 3 is 2.85 bits per heavy atom. The molecule has 5 atom stereocenters. The Labute approximate surface area is 114 Å². The number of nitrogens with zero attached hydrogens (tertiary/aromatic N) is 2. The van der Waals surface area contributed by atoms with Gasteiger partial charge in [0.2, 0.25) is 0 Å². The van der Waals surface area contributed by atoms with E-state index >= 15 is 0 Å². The smallest absolute Gasteiger partial charge is 0.192 e. The number of nitrogens with two attached hydrogens (primary N) is 2. The van der Waals surface area contributed by atoms with Crippen LogP contribution in [0, 0.1) is 5.41 Å². The first-order valence-electron chi connectivity index (χ1n) is 6.02. The lowest BCUT2D eigenvalue weighted by molar-refractivity contribution is -0.0286. The van der Waals surface area contributed by atoms with Crippen LogP contribution in [-0.4, -0.2) is 71.5 Å². The Hall–Kier alpha value is -1.78. The lowest BCUT2D eigenvalue weighted by Crippen LogP contribution is -2.46. The average Bonchev–Trinajstić information content (AvgIpc) is 2.96. The molecule has 2 aliphatic heterocycles. The third-order valence-electron chi connectivity index (χ3n) is 3.16. The van der Waals surface area contributed by atoms with E-state index in [4.69, 9.17) is 26.7 Å². The molecule has 8 N–H and O–H groups in total. The van der Waals surface area contributed by atoms with Crippen molar-refractivity contribution in [3.8, 4) is 0 Å². The first kappa shape index (κ1) is 14.6. The van der Waals surface area contributed by atoms with E-state index < -0.39 is 37.1 Å². The molecular formula is C10H17FN6O3. The maximum absolute atomic E-state index is 13.9. The third kappa shape index (κ3) is 2.71. The molecule has 0 aliphatic carbocycles. The van der Waals surface area contributed by atoms with Crippen LogP contribution in [0.15, 0.2) is 9.98 Å². The minimum absolute atomic E-state index is 0.126. The summed E-state index contributed by atoms with van der Waals surface area (Å²) in [7, 11) is 0. The van der Waals surface area contributed by atoms with E-state index in [2.05, 4.69) is 15.3 Å². The van der Waals surface area contributed by atoms with Gasteiger partial charge in [-0.25, -0.2) is 4.39 Å². The number of halogens is 1. The molecule has 0 bridgehead atoms. The van der Waals surface area contributed by atoms with E-state index in [1.807, 2.05) is 0 Å². The highest BCUT2D eigenvalue weighted by atomic mass is 19.1. The summed E-state index contributed by atoms with van der Waals surface area (Å²) in [6, 6.07) is -0.555. The van der Waals surface area contributed by atoms with E-state index in [0.29, 0.717) is 0 Å². The van der Waals surface area contributed by atoms with E-state index in [-0.39, 0.29) is 24.2 Å². The van der Waals surface area contributed by atoms with Crippen molar-refractivity contribution in [1.82, 2.24) is 5.32 Å². The van der Waals surface area contributed by atoms with Gasteiger partial charge in [-0.1, -0.05) is 0 Å². The van der Waals surface area contributed by atoms with Gasteiger partial charge in [0.05, 0.1) is 19.2 Å². The van der Waals surface area contributed by atoms with Gasteiger partial charge in [-0.15, -0.1) is 0 Å². The van der Waals surface area contributed by atoms with Crippen LogP contribution < -0.4 is 16.8 Å². The molecule has 0 spiro atoms. The minimum Gasteiger partial charge on any atom is -0.394 e. The number of nitrogens with one attached hydrogen (secondary N) is 2. The number of aliphatic hydroxyl groups excluding tert-OH is 2. The third-order valence-corrected chi connectivity index (χ3v) is 3.16. The van der Waals surface area contributed by atoms with Gasteiger partial charge in [0.1, 0.15) is 18.3 Å². The molecular weight excluding hydrogens is 271 g/mol. The fraction of sp³-hybridized carbons (Fsp3) is 0.700. The molecule has 0 aromatic heterocycles. The Morgan fingerprint density at radius 1 is 1.60 bits per heavy atom. The second kappa shape index (κ2) is 5.69. The molecule has 2 aliphatic rings. The average molecular weight is 288 g/mol. The SMILES string of the molecule is N=C(N=C(N)N)C1=NCC([C@@H]2O[C@H](CO)C(O)[C@H]2F)N1. The number of guanidine groups is 1. The van der Waals surface area contributed by atoms with Crippen LogP contribution >= 0.6 is 0 Å². The van der Waals surface area contributed by atoms with Crippen molar-refractivity contribution in [2.75, 3.05) is 13.2 Å². The zero-order valence-corrected chi connectivity index (χ0v) is 10.5. The molecule has 0 radical (unpaired) electrons. The minimum atomic E-state index is -1.64. The van der Waals surface area contributed by atoms with E-state index in [9.17, 15) is 9.50 Å². The van der Waals surface area contributed by atoms with E-state index in [1.165, 1.54) is 0 Å². The number of rotatable bonds is 3. The zero-order valence-electron chi connectivity index (χ0n) is 10.5. The Morgan fingerprint density at radius 2 is 2.30 bits per heavy atom. The second-order valence-electron chi connectivity index (χ2n) is 4.58. The molecule has 0 saturated carbocycles. The normalized spacial score (nSPS) is 36.4. The van der Waals surface area contributed by atoms with Crippen LogP contribution in [0.2, 0.25) is 0 Å². The molecule has 20 heavy (non-hydrogen) atoms. The number of aliphatic imine (C=N–C) groups is 2. The lowest BCUT2D eigenvalue weighted by Gasteiger charge is -2.20. The number of hydrogen-bond donors (Lipinski definition) is 6. The molecule has 0 amide bonds. The van der Waals surface area contributed by atoms with Gasteiger partial charge in [0.25, 0.3) is 0 Å². The van der Waals surface area contributed by atoms with Crippen molar-refractivity contribution < 1.29 is 19.3 Å². The summed E-state index contributed by atoms with van der Waals surface area (Å²) in [5.41, 5.74) is 10.3. The van der Waals surface area contributed by atoms with Crippen molar-refractivity contribution >= 4 is 17.6 Å². The number of alkyl halides is 1. The molecule has 0 aromatic carbocycles. The van der Waals surface area contributed by atoms with Crippen LogP contribution in [0.3, 0.4) is 0 Å². The highest BCUT2D eigenvalue weighted by Gasteiger charge is 2.48. The molecule has 10 heteroatoms. The van der Waals surface area contributed by atoms with Gasteiger partial charge in [0.15, 0.2) is 23.8 Å². The summed E-state index contributed by atoms with van der Waals surface area (Å²) in [4.78, 5) is 7.52. The summed E-state index contributed by atoms with van der Waals surface area (Å²) in [5, 5.41) is 28.9. The Bertz CT molecular complexity index is 452. The maximum Gasteiger partial charge on any atom is 0.192 e. The number of ether oxygens (including phenoxy) is 1. The Kier molecular flexibility index (Phi) is 4.16. The molecule has 1 fully saturated rings. The molecule has 0 aromatic rings. The first-order valence-corrected chi connectivity index (χ1v) is 6.02. The van der Waals surface area contributed by atoms with E-state index in [0.717, 1.165) is 0 Å². The van der Waals surface area contributed by atoms with Gasteiger partial charge in [-0.3, -0.25) is 10.4 Å². The van der Waals surface area contributed by atoms with Gasteiger partial charge in [-0.2, -0.15) is 4.99 Å². The van der Waals surface area contributed by atoms with Crippen LogP contribution in [0.25, 0.3) is 0 Å². The van der Waals surface area contributed by atoms with Crippen LogP contribution in [-0.2, 0) is 4.74 Å². The number of aliphatic hydroxyl groups is 2. The van der Waals surface area contributed by atoms with E-state index in [1.54, 1.807) is 0 Å². The summed E-state index contributed by atoms with van der Waals surface area (Å²) < 4.78 is 19.2. The predicted octanol–water partition coefficient (Wildman–Crippen LogP) is -2.93. The zero-order chi connectivity index (χ0) is 14.9. The molecule has 9 nitrogen and oxygen atoms in total. The largest absolute Gasteiger partial charge is 0.394 e. The van der Waals surface area contributed by atoms with Crippen LogP contribution in [0.4, 0.5) is 4.39 Å². The summed E-state index contributed by atoms with van der Waals surface area (Å²) in [6.45, 7) is -0.310. The Balaban J connectivity index is 1.98. The highest BCUT2D eigenvalue weighted by Crippen LogP contribution is 2.27. The highest BCUT2D eigenvalue weighted by molar-refractivity contribution is 6.41. The molecule has 112 valence electrons. The maximum atomic E-state index is 13.9. The fourth-order valence-corrected chi connectivity index (χ4v) is 2.19. The van der Waals surface area contributed by atoms with Gasteiger partial charge >= 0.3 is 0 Å². The van der Waals surface area contributed by atoms with Gasteiger partial charge in [0, 0.05) is 0 Å². The number of hydrogen-bond acceptors (Lipinski definition) is 6. The van der Waals surface area contributed by atoms with Crippen molar-refractivity contribution in [2.24, 2.45) is 21.5 Å². The van der Waals surface area contributed by atoms with Crippen LogP contribution in [0.5, 0.6) is 0 Å². The summed E-state index contributed by atoms with van der Waals surface area (Å²) >= 11 is 0. The fourth-order valence-electron chi connectivity index (χ4n) is 2.19. The molecule has 2 heterocycles. The monoisotopic (exact) mass is 288 g/mol. The lowest BCUT2D eigenvalue weighted by atomic mass is 10.0. The molecule has 2 unspecified atom stereocenters. The quantitative estimate of drug-likeness (QED) is 0.240. The van der Waals surface area contributed by atoms with Crippen LogP contribution in [0.1, 0.15) is 0 Å². The van der Waals surface area contributed by atoms with Crippen molar-refractivity contribution in [3.63, 3.8) is 0 Å². The molecule has 1 saturated heterocycles. The first-order chi connectivity index (χ1) is 9.43. The van der Waals surface area contributed by atoms with Gasteiger partial charge in [-0.05, 0) is 0 Å². The van der Waals surface area contributed by atoms with Crippen molar-refractivity contribution in [2.45, 2.75) is 30.5 Å². The second-order valence-corrected chi connectivity index (χ2v) is 4.58. The van der Waals surface area contributed by atoms with Gasteiger partial charge < -0.3 is 31.7 Å². The van der Waals surface area contributed by atoms with Crippen molar-refractivity contribution in [3.05, 3.63) is 0 Å². The molecule has 2 rings (SSSR count).